The molecule has 7 nitrogen and oxygen atoms in total. The molecule has 1 aliphatic heterocycles. The average Bonchev–Trinajstić information content (AvgIpc) is 3.39. The van der Waals surface area contributed by atoms with Gasteiger partial charge in [-0.15, -0.1) is 11.8 Å². The molecule has 0 spiro atoms. The van der Waals surface area contributed by atoms with E-state index in [2.05, 4.69) is 10.4 Å². The van der Waals surface area contributed by atoms with E-state index >= 15 is 0 Å². The van der Waals surface area contributed by atoms with Gasteiger partial charge < -0.3 is 5.32 Å². The lowest BCUT2D eigenvalue weighted by molar-refractivity contribution is -0.116. The highest BCUT2D eigenvalue weighted by Crippen LogP contribution is 2.34. The van der Waals surface area contributed by atoms with Crippen molar-refractivity contribution in [2.24, 2.45) is 0 Å². The number of aromatic nitrogens is 4. The molecule has 0 saturated heterocycles. The Morgan fingerprint density at radius 1 is 1.28 bits per heavy atom. The number of carbonyl (C=O) groups is 1. The molecule has 10 heteroatoms. The number of benzene rings is 2. The molecule has 5 rings (SSSR count). The van der Waals surface area contributed by atoms with Gasteiger partial charge in [0.2, 0.25) is 5.91 Å². The molecule has 32 heavy (non-hydrogen) atoms. The van der Waals surface area contributed by atoms with Gasteiger partial charge in [-0.25, -0.2) is 9.67 Å². The summed E-state index contributed by atoms with van der Waals surface area (Å²) in [5.41, 5.74) is 1.80. The fraction of sp³-hybridized carbons (Fsp3) is 0.182. The zero-order valence-corrected chi connectivity index (χ0v) is 19.4. The third-order valence-electron chi connectivity index (χ3n) is 5.23. The number of nitrogens with zero attached hydrogens (tertiary/aromatic N) is 4. The molecule has 0 aliphatic carbocycles. The van der Waals surface area contributed by atoms with Crippen LogP contribution in [0.3, 0.4) is 0 Å². The van der Waals surface area contributed by atoms with Crippen molar-refractivity contribution >= 4 is 57.8 Å². The molecule has 0 radical (unpaired) electrons. The molecule has 1 atom stereocenters. The van der Waals surface area contributed by atoms with Gasteiger partial charge in [-0.1, -0.05) is 41.6 Å². The molecule has 3 heterocycles. The van der Waals surface area contributed by atoms with Crippen LogP contribution >= 0.6 is 35.1 Å². The first-order valence-electron chi connectivity index (χ1n) is 9.87. The van der Waals surface area contributed by atoms with Crippen LogP contribution in [-0.2, 0) is 4.79 Å². The Morgan fingerprint density at radius 2 is 2.12 bits per heavy atom. The highest BCUT2D eigenvalue weighted by Gasteiger charge is 2.29. The maximum Gasteiger partial charge on any atom is 0.265 e. The average molecular weight is 484 g/mol. The number of nitrogens with one attached hydrogen (secondary N) is 1. The van der Waals surface area contributed by atoms with Gasteiger partial charge >= 0.3 is 0 Å². The van der Waals surface area contributed by atoms with Crippen LogP contribution in [0.15, 0.2) is 69.6 Å². The highest BCUT2D eigenvalue weighted by atomic mass is 35.5. The van der Waals surface area contributed by atoms with Crippen LogP contribution in [0.25, 0.3) is 16.7 Å². The predicted molar refractivity (Wildman–Crippen MR) is 129 cm³/mol. The third-order valence-corrected chi connectivity index (χ3v) is 7.35. The number of hydrogen-bond acceptors (Lipinski definition) is 6. The van der Waals surface area contributed by atoms with Crippen LogP contribution in [0.5, 0.6) is 0 Å². The van der Waals surface area contributed by atoms with Crippen LogP contribution in [0, 0.1) is 0 Å². The topological polar surface area (TPSA) is 81.8 Å². The molecule has 1 aliphatic rings. The van der Waals surface area contributed by atoms with Gasteiger partial charge in [-0.2, -0.15) is 5.10 Å². The zero-order valence-electron chi connectivity index (χ0n) is 17.0. The van der Waals surface area contributed by atoms with Gasteiger partial charge in [-0.05, 0) is 36.6 Å². The first-order chi connectivity index (χ1) is 15.5. The van der Waals surface area contributed by atoms with Crippen molar-refractivity contribution in [2.45, 2.75) is 22.5 Å². The number of anilines is 1. The van der Waals surface area contributed by atoms with Gasteiger partial charge in [0.25, 0.3) is 5.56 Å². The van der Waals surface area contributed by atoms with E-state index in [0.29, 0.717) is 27.0 Å². The summed E-state index contributed by atoms with van der Waals surface area (Å²) >= 11 is 9.16. The number of thioether (sulfide) groups is 2. The van der Waals surface area contributed by atoms with Crippen molar-refractivity contribution in [3.63, 3.8) is 0 Å². The summed E-state index contributed by atoms with van der Waals surface area (Å²) in [5, 5.41) is 8.91. The van der Waals surface area contributed by atoms with Crippen molar-refractivity contribution in [1.29, 1.82) is 0 Å². The number of para-hydroxylation sites is 1. The van der Waals surface area contributed by atoms with Gasteiger partial charge in [0.05, 0.1) is 23.6 Å². The number of amides is 1. The monoisotopic (exact) mass is 483 g/mol. The number of rotatable bonds is 5. The number of hydrogen-bond donors (Lipinski definition) is 1. The van der Waals surface area contributed by atoms with Crippen LogP contribution < -0.4 is 10.9 Å². The van der Waals surface area contributed by atoms with E-state index in [1.54, 1.807) is 33.1 Å². The van der Waals surface area contributed by atoms with Crippen molar-refractivity contribution in [2.75, 3.05) is 17.3 Å². The summed E-state index contributed by atoms with van der Waals surface area (Å²) in [6.07, 6.45) is 3.68. The van der Waals surface area contributed by atoms with Crippen molar-refractivity contribution in [1.82, 2.24) is 19.3 Å². The SMILES string of the molecule is CSc1ccccc1NC(=O)CC1CSc2nc3c(cnn3-c3cccc(Cl)c3)c(=O)n21. The third kappa shape index (κ3) is 3.80. The Kier molecular flexibility index (Phi) is 5.71. The van der Waals surface area contributed by atoms with E-state index < -0.39 is 0 Å². The van der Waals surface area contributed by atoms with Crippen LogP contribution in [0.2, 0.25) is 5.02 Å². The first kappa shape index (κ1) is 21.1. The quantitative estimate of drug-likeness (QED) is 0.329. The van der Waals surface area contributed by atoms with Gasteiger partial charge in [0, 0.05) is 22.1 Å². The molecular weight excluding hydrogens is 466 g/mol. The smallest absolute Gasteiger partial charge is 0.265 e. The second kappa shape index (κ2) is 8.65. The minimum Gasteiger partial charge on any atom is -0.325 e. The van der Waals surface area contributed by atoms with Gasteiger partial charge in [0.1, 0.15) is 5.39 Å². The Hall–Kier alpha value is -2.75. The standard InChI is InChI=1S/C22H18ClN5O2S2/c1-31-18-8-3-2-7-17(18)25-19(29)10-15-12-32-22-26-20-16(21(30)27(15)22)11-24-28(20)14-6-4-5-13(23)9-14/h2-9,11,15H,10,12H2,1H3,(H,25,29). The number of fused-ring (bicyclic) bond motifs is 2. The number of carbonyl (C=O) groups excluding carboxylic acids is 1. The Labute approximate surface area is 197 Å². The Balaban J connectivity index is 1.45. The van der Waals surface area contributed by atoms with Crippen LogP contribution in [0.1, 0.15) is 12.5 Å². The zero-order chi connectivity index (χ0) is 22.2. The minimum absolute atomic E-state index is 0.133. The molecule has 0 bridgehead atoms. The van der Waals surface area contributed by atoms with E-state index in [-0.39, 0.29) is 23.9 Å². The minimum atomic E-state index is -0.268. The Bertz CT molecular complexity index is 1400. The molecule has 0 fully saturated rings. The van der Waals surface area contributed by atoms with Gasteiger partial charge in [0.15, 0.2) is 10.8 Å². The highest BCUT2D eigenvalue weighted by molar-refractivity contribution is 7.99. The summed E-state index contributed by atoms with van der Waals surface area (Å²) in [4.78, 5) is 31.7. The van der Waals surface area contributed by atoms with Crippen molar-refractivity contribution < 1.29 is 4.79 Å². The van der Waals surface area contributed by atoms with E-state index in [1.165, 1.54) is 18.0 Å². The molecule has 162 valence electrons. The van der Waals surface area contributed by atoms with E-state index in [1.807, 2.05) is 42.7 Å². The predicted octanol–water partition coefficient (Wildman–Crippen LogP) is 4.63. The summed E-state index contributed by atoms with van der Waals surface area (Å²) in [6.45, 7) is 0. The first-order valence-corrected chi connectivity index (χ1v) is 12.5. The van der Waals surface area contributed by atoms with Crippen molar-refractivity contribution in [3.8, 4) is 5.69 Å². The second-order valence-corrected chi connectivity index (χ2v) is 9.53. The molecule has 1 unspecified atom stereocenters. The fourth-order valence-corrected chi connectivity index (χ4v) is 5.61. The Morgan fingerprint density at radius 3 is 2.94 bits per heavy atom. The second-order valence-electron chi connectivity index (χ2n) is 7.26. The number of halogens is 1. The lowest BCUT2D eigenvalue weighted by Gasteiger charge is -2.14. The molecule has 4 aromatic rings. The maximum atomic E-state index is 13.3. The summed E-state index contributed by atoms with van der Waals surface area (Å²) in [5.74, 6) is 0.475. The normalized spacial score (nSPS) is 15.1. The van der Waals surface area contributed by atoms with Crippen LogP contribution in [0.4, 0.5) is 5.69 Å². The molecule has 1 amide bonds. The lowest BCUT2D eigenvalue weighted by Crippen LogP contribution is -2.27. The molecule has 0 saturated carbocycles. The van der Waals surface area contributed by atoms with Crippen LogP contribution in [-0.4, -0.2) is 37.2 Å². The molecule has 2 aromatic heterocycles. The molecule has 1 N–H and O–H groups in total. The van der Waals surface area contributed by atoms with E-state index in [0.717, 1.165) is 16.3 Å². The van der Waals surface area contributed by atoms with Crippen molar-refractivity contribution in [3.05, 3.63) is 70.1 Å². The molecular formula is C22H18ClN5O2S2. The summed E-state index contributed by atoms with van der Waals surface area (Å²) in [7, 11) is 0. The van der Waals surface area contributed by atoms with E-state index in [9.17, 15) is 9.59 Å². The molecule has 2 aromatic carbocycles. The van der Waals surface area contributed by atoms with Gasteiger partial charge in [-0.3, -0.25) is 14.2 Å². The maximum absolute atomic E-state index is 13.3. The van der Waals surface area contributed by atoms with E-state index in [4.69, 9.17) is 16.6 Å². The fourth-order valence-electron chi connectivity index (χ4n) is 3.74. The largest absolute Gasteiger partial charge is 0.325 e. The lowest BCUT2D eigenvalue weighted by atomic mass is 10.2. The summed E-state index contributed by atoms with van der Waals surface area (Å²) < 4.78 is 3.24. The summed E-state index contributed by atoms with van der Waals surface area (Å²) in [6, 6.07) is 14.6.